The highest BCUT2D eigenvalue weighted by Crippen LogP contribution is 1.96. The van der Waals surface area contributed by atoms with Crippen LogP contribution in [0.25, 0.3) is 0 Å². The average Bonchev–Trinajstić information content (AvgIpc) is 2.34. The predicted molar refractivity (Wildman–Crippen MR) is 61.7 cm³/mol. The van der Waals surface area contributed by atoms with Gasteiger partial charge in [-0.2, -0.15) is 0 Å². The summed E-state index contributed by atoms with van der Waals surface area (Å²) in [6, 6.07) is -0.209. The van der Waals surface area contributed by atoms with Crippen LogP contribution in [0.15, 0.2) is 18.6 Å². The molecule has 1 rings (SSSR count). The van der Waals surface area contributed by atoms with E-state index in [0.29, 0.717) is 19.0 Å². The molecule has 0 aliphatic carbocycles. The largest absolute Gasteiger partial charge is 0.374 e. The molecule has 88 valence electrons. The monoisotopic (exact) mass is 242 g/mol. The van der Waals surface area contributed by atoms with Gasteiger partial charge in [0, 0.05) is 25.2 Å². The Bertz CT molecular complexity index is 310. The van der Waals surface area contributed by atoms with Crippen LogP contribution in [-0.4, -0.2) is 35.4 Å². The van der Waals surface area contributed by atoms with E-state index >= 15 is 0 Å². The van der Waals surface area contributed by atoms with Crippen molar-refractivity contribution < 1.29 is 9.53 Å². The molecular formula is C9H14N4O2S. The summed E-state index contributed by atoms with van der Waals surface area (Å²) in [4.78, 5) is 18.7. The zero-order chi connectivity index (χ0) is 11.6. The normalized spacial score (nSPS) is 9.81. The molecule has 0 atom stereocenters. The highest BCUT2D eigenvalue weighted by Gasteiger charge is 1.96. The second kappa shape index (κ2) is 7.89. The van der Waals surface area contributed by atoms with Crippen LogP contribution in [-0.2, 0) is 11.3 Å². The number of amides is 2. The molecule has 1 aromatic rings. The molecule has 0 spiro atoms. The Hall–Kier alpha value is -1.34. The fraction of sp³-hybridized carbons (Fsp3) is 0.444. The average molecular weight is 242 g/mol. The Morgan fingerprint density at radius 1 is 1.56 bits per heavy atom. The molecule has 0 saturated carbocycles. The van der Waals surface area contributed by atoms with E-state index in [-0.39, 0.29) is 6.03 Å². The molecule has 0 radical (unpaired) electrons. The van der Waals surface area contributed by atoms with Gasteiger partial charge in [0.1, 0.15) is 0 Å². The number of carbonyl (C=O) groups excluding carboxylic acids is 1. The summed E-state index contributed by atoms with van der Waals surface area (Å²) in [6.07, 6.45) is 4.91. The third-order valence-corrected chi connectivity index (χ3v) is 2.29. The van der Waals surface area contributed by atoms with Crippen molar-refractivity contribution in [1.82, 2.24) is 20.0 Å². The molecule has 1 heterocycles. The molecule has 0 aliphatic rings. The van der Waals surface area contributed by atoms with Gasteiger partial charge in [-0.25, -0.2) is 4.79 Å². The summed E-state index contributed by atoms with van der Waals surface area (Å²) in [7, 11) is 1.57. The van der Waals surface area contributed by atoms with E-state index in [1.54, 1.807) is 25.6 Å². The first-order chi connectivity index (χ1) is 7.83. The van der Waals surface area contributed by atoms with Crippen molar-refractivity contribution in [3.05, 3.63) is 24.3 Å². The van der Waals surface area contributed by atoms with Gasteiger partial charge in [-0.05, 0) is 11.9 Å². The van der Waals surface area contributed by atoms with Gasteiger partial charge < -0.3 is 10.1 Å². The molecule has 0 aromatic carbocycles. The number of ether oxygens (including phenoxy) is 1. The summed E-state index contributed by atoms with van der Waals surface area (Å²) in [6.45, 7) is 0.986. The summed E-state index contributed by atoms with van der Waals surface area (Å²) in [5.74, 6) is 0.688. The van der Waals surface area contributed by atoms with Crippen LogP contribution in [0.1, 0.15) is 5.69 Å². The first-order valence-electron chi connectivity index (χ1n) is 4.75. The quantitative estimate of drug-likeness (QED) is 0.563. The lowest BCUT2D eigenvalue weighted by molar-refractivity contribution is 0.133. The van der Waals surface area contributed by atoms with Gasteiger partial charge in [-0.15, -0.1) is 0 Å². The van der Waals surface area contributed by atoms with Crippen molar-refractivity contribution in [2.24, 2.45) is 0 Å². The topological polar surface area (TPSA) is 76.1 Å². The molecule has 1 aromatic heterocycles. The number of nitrogens with zero attached hydrogens (tertiary/aromatic N) is 2. The van der Waals surface area contributed by atoms with Crippen LogP contribution >= 0.6 is 11.9 Å². The van der Waals surface area contributed by atoms with E-state index in [2.05, 4.69) is 20.0 Å². The third-order valence-electron chi connectivity index (χ3n) is 1.59. The molecule has 2 amide bonds. The van der Waals surface area contributed by atoms with Crippen molar-refractivity contribution in [1.29, 1.82) is 0 Å². The molecule has 0 saturated heterocycles. The van der Waals surface area contributed by atoms with Gasteiger partial charge >= 0.3 is 6.03 Å². The Morgan fingerprint density at radius 2 is 2.44 bits per heavy atom. The van der Waals surface area contributed by atoms with Gasteiger partial charge in [-0.3, -0.25) is 14.7 Å². The zero-order valence-corrected chi connectivity index (χ0v) is 9.79. The molecule has 0 aliphatic heterocycles. The minimum Gasteiger partial charge on any atom is -0.374 e. The number of carbonyl (C=O) groups is 1. The minimum absolute atomic E-state index is 0.209. The fourth-order valence-electron chi connectivity index (χ4n) is 0.849. The second-order valence-electron chi connectivity index (χ2n) is 2.78. The fourth-order valence-corrected chi connectivity index (χ4v) is 1.39. The SMILES string of the molecule is CNC(=O)NSCCOCc1cnccn1. The lowest BCUT2D eigenvalue weighted by Gasteiger charge is -2.04. The molecule has 0 unspecified atom stereocenters. The summed E-state index contributed by atoms with van der Waals surface area (Å²) < 4.78 is 7.93. The van der Waals surface area contributed by atoms with Gasteiger partial charge in [0.15, 0.2) is 0 Å². The molecule has 0 fully saturated rings. The molecule has 7 heteroatoms. The highest BCUT2D eigenvalue weighted by atomic mass is 32.2. The van der Waals surface area contributed by atoms with Gasteiger partial charge in [-0.1, -0.05) is 0 Å². The second-order valence-corrected chi connectivity index (χ2v) is 3.68. The van der Waals surface area contributed by atoms with Crippen LogP contribution in [0.3, 0.4) is 0 Å². The summed E-state index contributed by atoms with van der Waals surface area (Å²) >= 11 is 1.30. The van der Waals surface area contributed by atoms with Crippen molar-refractivity contribution in [3.8, 4) is 0 Å². The maximum atomic E-state index is 10.8. The van der Waals surface area contributed by atoms with E-state index < -0.39 is 0 Å². The van der Waals surface area contributed by atoms with Crippen molar-refractivity contribution in [2.45, 2.75) is 6.61 Å². The first-order valence-corrected chi connectivity index (χ1v) is 5.73. The molecule has 16 heavy (non-hydrogen) atoms. The number of urea groups is 1. The summed E-state index contributed by atoms with van der Waals surface area (Å²) in [5, 5.41) is 2.45. The maximum absolute atomic E-state index is 10.8. The number of rotatable bonds is 6. The van der Waals surface area contributed by atoms with E-state index in [1.807, 2.05) is 0 Å². The van der Waals surface area contributed by atoms with Gasteiger partial charge in [0.25, 0.3) is 0 Å². The number of nitrogens with one attached hydrogen (secondary N) is 2. The van der Waals surface area contributed by atoms with E-state index in [0.717, 1.165) is 5.69 Å². The summed E-state index contributed by atoms with van der Waals surface area (Å²) in [5.41, 5.74) is 0.798. The van der Waals surface area contributed by atoms with Crippen molar-refractivity contribution in [2.75, 3.05) is 19.4 Å². The van der Waals surface area contributed by atoms with Crippen LogP contribution in [0, 0.1) is 0 Å². The van der Waals surface area contributed by atoms with Crippen molar-refractivity contribution in [3.63, 3.8) is 0 Å². The predicted octanol–water partition coefficient (Wildman–Crippen LogP) is 0.570. The first kappa shape index (κ1) is 12.7. The van der Waals surface area contributed by atoms with E-state index in [4.69, 9.17) is 4.74 Å². The van der Waals surface area contributed by atoms with Crippen LogP contribution < -0.4 is 10.0 Å². The van der Waals surface area contributed by atoms with Gasteiger partial charge in [0.2, 0.25) is 0 Å². The van der Waals surface area contributed by atoms with Crippen LogP contribution in [0.4, 0.5) is 4.79 Å². The highest BCUT2D eigenvalue weighted by molar-refractivity contribution is 7.97. The maximum Gasteiger partial charge on any atom is 0.324 e. The molecular weight excluding hydrogens is 228 g/mol. The third kappa shape index (κ3) is 5.52. The van der Waals surface area contributed by atoms with E-state index in [9.17, 15) is 4.79 Å². The Balaban J connectivity index is 1.98. The molecule has 6 nitrogen and oxygen atoms in total. The lowest BCUT2D eigenvalue weighted by atomic mass is 10.5. The zero-order valence-electron chi connectivity index (χ0n) is 8.97. The smallest absolute Gasteiger partial charge is 0.324 e. The van der Waals surface area contributed by atoms with Gasteiger partial charge in [0.05, 0.1) is 25.1 Å². The number of aromatic nitrogens is 2. The Morgan fingerprint density at radius 3 is 3.12 bits per heavy atom. The standard InChI is InChI=1S/C9H14N4O2S/c1-10-9(14)13-16-5-4-15-7-8-6-11-2-3-12-8/h2-3,6H,4-5,7H2,1H3,(H2,10,13,14). The van der Waals surface area contributed by atoms with Crippen LogP contribution in [0.2, 0.25) is 0 Å². The lowest BCUT2D eigenvalue weighted by Crippen LogP contribution is -2.28. The van der Waals surface area contributed by atoms with Crippen LogP contribution in [0.5, 0.6) is 0 Å². The minimum atomic E-state index is -0.209. The number of hydrogen-bond donors (Lipinski definition) is 2. The van der Waals surface area contributed by atoms with Crippen molar-refractivity contribution >= 4 is 18.0 Å². The molecule has 0 bridgehead atoms. The Labute approximate surface area is 98.3 Å². The molecule has 2 N–H and O–H groups in total. The van der Waals surface area contributed by atoms with E-state index in [1.165, 1.54) is 11.9 Å². The number of hydrogen-bond acceptors (Lipinski definition) is 5. The Kier molecular flexibility index (Phi) is 6.28.